The Morgan fingerprint density at radius 3 is 2.60 bits per heavy atom. The molecule has 0 saturated heterocycles. The highest BCUT2D eigenvalue weighted by molar-refractivity contribution is 5.41. The third kappa shape index (κ3) is 2.31. The van der Waals surface area contributed by atoms with Crippen molar-refractivity contribution in [2.75, 3.05) is 19.0 Å². The molecule has 2 heterocycles. The molecule has 78 valence electrons. The van der Waals surface area contributed by atoms with Crippen molar-refractivity contribution in [1.82, 2.24) is 15.2 Å². The van der Waals surface area contributed by atoms with Crippen molar-refractivity contribution < 1.29 is 4.57 Å². The minimum absolute atomic E-state index is 0.716. The lowest BCUT2D eigenvalue weighted by molar-refractivity contribution is -0.689. The van der Waals surface area contributed by atoms with E-state index in [1.165, 1.54) is 12.0 Å². The van der Waals surface area contributed by atoms with Crippen LogP contribution < -0.4 is 9.47 Å². The summed E-state index contributed by atoms with van der Waals surface area (Å²) in [7, 11) is 4.05. The molecule has 0 spiro atoms. The van der Waals surface area contributed by atoms with Crippen molar-refractivity contribution in [3.05, 3.63) is 36.7 Å². The van der Waals surface area contributed by atoms with Gasteiger partial charge < -0.3 is 4.90 Å². The highest BCUT2D eigenvalue weighted by Gasteiger charge is 2.05. The second kappa shape index (κ2) is 4.08. The molecular formula is C10H14N5+. The number of hydrogen-bond acceptors (Lipinski definition) is 3. The minimum atomic E-state index is 0.716. The summed E-state index contributed by atoms with van der Waals surface area (Å²) in [6, 6.07) is 4.13. The predicted octanol–water partition coefficient (Wildman–Crippen LogP) is 0.206. The molecule has 0 bridgehead atoms. The Bertz CT molecular complexity index is 404. The minimum Gasteiger partial charge on any atom is -0.377 e. The van der Waals surface area contributed by atoms with Gasteiger partial charge in [0.25, 0.3) is 0 Å². The van der Waals surface area contributed by atoms with Crippen LogP contribution in [0.4, 0.5) is 5.69 Å². The molecule has 2 aromatic rings. The summed E-state index contributed by atoms with van der Waals surface area (Å²) in [6.07, 6.45) is 5.57. The van der Waals surface area contributed by atoms with Crippen LogP contribution in [0.15, 0.2) is 30.9 Å². The van der Waals surface area contributed by atoms with E-state index in [0.717, 1.165) is 5.82 Å². The van der Waals surface area contributed by atoms with Crippen LogP contribution in [0, 0.1) is 0 Å². The van der Waals surface area contributed by atoms with Crippen molar-refractivity contribution in [2.45, 2.75) is 6.54 Å². The van der Waals surface area contributed by atoms with E-state index >= 15 is 0 Å². The average Bonchev–Trinajstić information content (AvgIpc) is 2.71. The van der Waals surface area contributed by atoms with Gasteiger partial charge in [-0.1, -0.05) is 0 Å². The van der Waals surface area contributed by atoms with Crippen LogP contribution in [0.2, 0.25) is 0 Å². The SMILES string of the molecule is CN(C)c1cc[n+](Cc2ncn[nH]2)cc1. The summed E-state index contributed by atoms with van der Waals surface area (Å²) in [6.45, 7) is 0.716. The number of hydrogen-bond donors (Lipinski definition) is 1. The van der Waals surface area contributed by atoms with Crippen molar-refractivity contribution >= 4 is 5.69 Å². The van der Waals surface area contributed by atoms with E-state index in [9.17, 15) is 0 Å². The number of rotatable bonds is 3. The number of anilines is 1. The number of H-pyrrole nitrogens is 1. The zero-order chi connectivity index (χ0) is 10.7. The van der Waals surface area contributed by atoms with Gasteiger partial charge in [-0.25, -0.2) is 4.98 Å². The van der Waals surface area contributed by atoms with Gasteiger partial charge in [-0.3, -0.25) is 5.10 Å². The number of aromatic amines is 1. The third-order valence-corrected chi connectivity index (χ3v) is 2.19. The highest BCUT2D eigenvalue weighted by Crippen LogP contribution is 2.05. The molecule has 2 rings (SSSR count). The maximum Gasteiger partial charge on any atom is 0.207 e. The summed E-state index contributed by atoms with van der Waals surface area (Å²) in [5.74, 6) is 0.859. The molecule has 0 aliphatic rings. The van der Waals surface area contributed by atoms with Crippen molar-refractivity contribution in [2.24, 2.45) is 0 Å². The fraction of sp³-hybridized carbons (Fsp3) is 0.300. The first-order valence-corrected chi connectivity index (χ1v) is 4.76. The standard InChI is InChI=1S/C10H14N5/c1-14(2)9-3-5-15(6-4-9)7-10-11-8-12-13-10/h3-6,8H,7H2,1-2H3,(H,11,12,13)/q+1. The zero-order valence-electron chi connectivity index (χ0n) is 8.88. The molecule has 2 aromatic heterocycles. The van der Waals surface area contributed by atoms with Crippen LogP contribution >= 0.6 is 0 Å². The van der Waals surface area contributed by atoms with Crippen LogP contribution in [0.25, 0.3) is 0 Å². The van der Waals surface area contributed by atoms with E-state index in [0.29, 0.717) is 6.54 Å². The van der Waals surface area contributed by atoms with Crippen molar-refractivity contribution in [1.29, 1.82) is 0 Å². The van der Waals surface area contributed by atoms with Gasteiger partial charge in [-0.05, 0) is 0 Å². The number of aromatic nitrogens is 4. The Kier molecular flexibility index (Phi) is 2.62. The van der Waals surface area contributed by atoms with E-state index in [4.69, 9.17) is 0 Å². The van der Waals surface area contributed by atoms with E-state index in [-0.39, 0.29) is 0 Å². The molecule has 5 heteroatoms. The molecule has 15 heavy (non-hydrogen) atoms. The molecule has 5 nitrogen and oxygen atoms in total. The Labute approximate surface area is 88.4 Å². The lowest BCUT2D eigenvalue weighted by atomic mass is 10.4. The van der Waals surface area contributed by atoms with Crippen molar-refractivity contribution in [3.8, 4) is 0 Å². The second-order valence-electron chi connectivity index (χ2n) is 3.56. The van der Waals surface area contributed by atoms with Gasteiger partial charge >= 0.3 is 0 Å². The van der Waals surface area contributed by atoms with Gasteiger partial charge in [0.2, 0.25) is 6.54 Å². The quantitative estimate of drug-likeness (QED) is 0.727. The van der Waals surface area contributed by atoms with E-state index < -0.39 is 0 Å². The normalized spacial score (nSPS) is 10.3. The lowest BCUT2D eigenvalue weighted by Gasteiger charge is -2.10. The van der Waals surface area contributed by atoms with Crippen LogP contribution in [0.3, 0.4) is 0 Å². The summed E-state index contributed by atoms with van der Waals surface area (Å²) in [4.78, 5) is 6.14. The summed E-state index contributed by atoms with van der Waals surface area (Å²) >= 11 is 0. The van der Waals surface area contributed by atoms with Gasteiger partial charge in [0.05, 0.1) is 0 Å². The molecule has 0 aromatic carbocycles. The number of pyridine rings is 1. The van der Waals surface area contributed by atoms with Gasteiger partial charge in [0, 0.05) is 31.9 Å². The topological polar surface area (TPSA) is 48.7 Å². The molecule has 0 unspecified atom stereocenters. The largest absolute Gasteiger partial charge is 0.377 e. The van der Waals surface area contributed by atoms with E-state index in [1.54, 1.807) is 0 Å². The maximum absolute atomic E-state index is 4.07. The van der Waals surface area contributed by atoms with Crippen molar-refractivity contribution in [3.63, 3.8) is 0 Å². The van der Waals surface area contributed by atoms with Gasteiger partial charge in [-0.2, -0.15) is 9.67 Å². The summed E-state index contributed by atoms with van der Waals surface area (Å²) in [5.41, 5.74) is 1.18. The Hall–Kier alpha value is -1.91. The van der Waals surface area contributed by atoms with Crippen LogP contribution in [0.5, 0.6) is 0 Å². The van der Waals surface area contributed by atoms with E-state index in [1.807, 2.05) is 31.1 Å². The molecule has 0 radical (unpaired) electrons. The lowest BCUT2D eigenvalue weighted by Crippen LogP contribution is -2.34. The predicted molar refractivity (Wildman–Crippen MR) is 56.4 cm³/mol. The van der Waals surface area contributed by atoms with E-state index in [2.05, 4.69) is 32.2 Å². The number of nitrogens with zero attached hydrogens (tertiary/aromatic N) is 4. The first-order valence-electron chi connectivity index (χ1n) is 4.76. The summed E-state index contributed by atoms with van der Waals surface area (Å²) in [5, 5.41) is 6.64. The average molecular weight is 204 g/mol. The molecule has 0 fully saturated rings. The first-order chi connectivity index (χ1) is 7.25. The second-order valence-corrected chi connectivity index (χ2v) is 3.56. The third-order valence-electron chi connectivity index (χ3n) is 2.19. The highest BCUT2D eigenvalue weighted by atomic mass is 15.2. The first kappa shape index (κ1) is 9.64. The Balaban J connectivity index is 2.11. The Morgan fingerprint density at radius 2 is 2.07 bits per heavy atom. The molecule has 0 amide bonds. The Morgan fingerprint density at radius 1 is 1.33 bits per heavy atom. The van der Waals surface area contributed by atoms with Crippen LogP contribution in [-0.4, -0.2) is 29.3 Å². The fourth-order valence-corrected chi connectivity index (χ4v) is 1.33. The van der Waals surface area contributed by atoms with Gasteiger partial charge in [0.15, 0.2) is 18.2 Å². The molecule has 0 aliphatic heterocycles. The van der Waals surface area contributed by atoms with Crippen LogP contribution in [-0.2, 0) is 6.54 Å². The number of nitrogens with one attached hydrogen (secondary N) is 1. The molecular weight excluding hydrogens is 190 g/mol. The molecule has 1 N–H and O–H groups in total. The smallest absolute Gasteiger partial charge is 0.207 e. The molecule has 0 atom stereocenters. The maximum atomic E-state index is 4.07. The fourth-order valence-electron chi connectivity index (χ4n) is 1.33. The zero-order valence-corrected chi connectivity index (χ0v) is 8.88. The van der Waals surface area contributed by atoms with Crippen LogP contribution in [0.1, 0.15) is 5.82 Å². The van der Waals surface area contributed by atoms with Gasteiger partial charge in [-0.15, -0.1) is 0 Å². The summed E-state index contributed by atoms with van der Waals surface area (Å²) < 4.78 is 2.05. The molecule has 0 saturated carbocycles. The molecule has 0 aliphatic carbocycles. The monoisotopic (exact) mass is 204 g/mol. The van der Waals surface area contributed by atoms with Gasteiger partial charge in [0.1, 0.15) is 6.33 Å².